The minimum atomic E-state index is -0.286. The van der Waals surface area contributed by atoms with Gasteiger partial charge in [0.2, 0.25) is 5.91 Å². The van der Waals surface area contributed by atoms with Crippen molar-refractivity contribution in [1.82, 2.24) is 0 Å². The normalized spacial score (nSPS) is 7.69. The van der Waals surface area contributed by atoms with Crippen LogP contribution in [-0.4, -0.2) is 5.91 Å². The van der Waals surface area contributed by atoms with E-state index in [1.165, 1.54) is 0 Å². The first-order chi connectivity index (χ1) is 6.20. The van der Waals surface area contributed by atoms with Gasteiger partial charge in [0, 0.05) is 0 Å². The molecule has 0 fully saturated rings. The van der Waals surface area contributed by atoms with Gasteiger partial charge in [-0.25, -0.2) is 0 Å². The Morgan fingerprint density at radius 1 is 1.31 bits per heavy atom. The van der Waals surface area contributed by atoms with Crippen molar-refractivity contribution < 1.29 is 4.79 Å². The predicted molar refractivity (Wildman–Crippen MR) is 54.1 cm³/mol. The number of amides is 1. The molecule has 68 valence electrons. The summed E-state index contributed by atoms with van der Waals surface area (Å²) in [5.74, 6) is -0.286. The molecule has 0 spiro atoms. The third-order valence-electron chi connectivity index (χ3n) is 1.22. The molecule has 1 aromatic rings. The Kier molecular flexibility index (Phi) is 5.94. The molecule has 0 saturated carbocycles. The molecule has 0 aromatic heterocycles. The molecular weight excluding hydrogens is 162 g/mol. The maximum atomic E-state index is 10.4. The number of benzene rings is 1. The Labute approximate surface area is 78.4 Å². The highest BCUT2D eigenvalue weighted by Crippen LogP contribution is 1.97. The van der Waals surface area contributed by atoms with Gasteiger partial charge in [-0.15, -0.1) is 5.73 Å². The molecule has 0 heterocycles. The van der Waals surface area contributed by atoms with Crippen molar-refractivity contribution in [2.75, 3.05) is 0 Å². The van der Waals surface area contributed by atoms with Gasteiger partial charge in [0.1, 0.15) is 0 Å². The van der Waals surface area contributed by atoms with Crippen molar-refractivity contribution in [2.24, 2.45) is 5.73 Å². The first kappa shape index (κ1) is 11.2. The molecule has 2 heteroatoms. The third-order valence-corrected chi connectivity index (χ3v) is 1.22. The summed E-state index contributed by atoms with van der Waals surface area (Å²) in [4.78, 5) is 10.4. The van der Waals surface area contributed by atoms with Crippen molar-refractivity contribution >= 4 is 5.91 Å². The topological polar surface area (TPSA) is 43.1 Å². The van der Waals surface area contributed by atoms with Crippen LogP contribution >= 0.6 is 0 Å². The lowest BCUT2D eigenvalue weighted by Crippen LogP contribution is -2.13. The SMILES string of the molecule is C=C=C.NC(=O)Cc1ccccc1. The molecule has 2 nitrogen and oxygen atoms in total. The van der Waals surface area contributed by atoms with Gasteiger partial charge in [0.25, 0.3) is 0 Å². The first-order valence-corrected chi connectivity index (χ1v) is 3.82. The van der Waals surface area contributed by atoms with E-state index in [0.29, 0.717) is 6.42 Å². The smallest absolute Gasteiger partial charge is 0.221 e. The molecule has 1 aromatic carbocycles. The van der Waals surface area contributed by atoms with Crippen LogP contribution in [0.1, 0.15) is 5.56 Å². The number of hydrogen-bond donors (Lipinski definition) is 1. The van der Waals surface area contributed by atoms with E-state index in [9.17, 15) is 4.79 Å². The summed E-state index contributed by atoms with van der Waals surface area (Å²) in [5.41, 5.74) is 8.20. The van der Waals surface area contributed by atoms with Crippen molar-refractivity contribution in [1.29, 1.82) is 0 Å². The van der Waals surface area contributed by atoms with Gasteiger partial charge in [-0.1, -0.05) is 43.5 Å². The summed E-state index contributed by atoms with van der Waals surface area (Å²) in [6.07, 6.45) is 0.334. The van der Waals surface area contributed by atoms with Gasteiger partial charge in [-0.2, -0.15) is 0 Å². The zero-order valence-corrected chi connectivity index (χ0v) is 7.49. The number of carbonyl (C=O) groups excluding carboxylic acids is 1. The lowest BCUT2D eigenvalue weighted by Gasteiger charge is -1.93. The number of carbonyl (C=O) groups is 1. The van der Waals surface area contributed by atoms with Crippen LogP contribution in [0.3, 0.4) is 0 Å². The average Bonchev–Trinajstić information content (AvgIpc) is 2.06. The van der Waals surface area contributed by atoms with Gasteiger partial charge in [-0.3, -0.25) is 4.79 Å². The standard InChI is InChI=1S/C8H9NO.C3H4/c9-8(10)6-7-4-2-1-3-5-7;1-3-2/h1-5H,6H2,(H2,9,10);1-2H2. The highest BCUT2D eigenvalue weighted by molar-refractivity contribution is 5.76. The number of rotatable bonds is 2. The molecule has 1 amide bonds. The molecule has 0 saturated heterocycles. The van der Waals surface area contributed by atoms with Crippen LogP contribution in [0.5, 0.6) is 0 Å². The van der Waals surface area contributed by atoms with Crippen LogP contribution in [0.25, 0.3) is 0 Å². The van der Waals surface area contributed by atoms with E-state index >= 15 is 0 Å². The van der Waals surface area contributed by atoms with Gasteiger partial charge in [0.05, 0.1) is 6.42 Å². The minimum absolute atomic E-state index is 0.286. The Morgan fingerprint density at radius 2 is 1.77 bits per heavy atom. The van der Waals surface area contributed by atoms with Crippen LogP contribution in [0, 0.1) is 0 Å². The van der Waals surface area contributed by atoms with Crippen molar-refractivity contribution in [3.63, 3.8) is 0 Å². The molecular formula is C11H13NO. The number of nitrogens with two attached hydrogens (primary N) is 1. The van der Waals surface area contributed by atoms with E-state index in [4.69, 9.17) is 5.73 Å². The highest BCUT2D eigenvalue weighted by Gasteiger charge is 1.94. The summed E-state index contributed by atoms with van der Waals surface area (Å²) in [7, 11) is 0. The third kappa shape index (κ3) is 6.60. The molecule has 0 atom stereocenters. The van der Waals surface area contributed by atoms with Crippen molar-refractivity contribution in [3.05, 3.63) is 54.8 Å². The van der Waals surface area contributed by atoms with E-state index < -0.39 is 0 Å². The van der Waals surface area contributed by atoms with E-state index in [0.717, 1.165) is 5.56 Å². The second-order valence-corrected chi connectivity index (χ2v) is 2.38. The molecule has 0 radical (unpaired) electrons. The quantitative estimate of drug-likeness (QED) is 0.683. The summed E-state index contributed by atoms with van der Waals surface area (Å²) in [6.45, 7) is 6.25. The maximum absolute atomic E-state index is 10.4. The minimum Gasteiger partial charge on any atom is -0.369 e. The first-order valence-electron chi connectivity index (χ1n) is 3.82. The van der Waals surface area contributed by atoms with Gasteiger partial charge < -0.3 is 5.73 Å². The average molecular weight is 175 g/mol. The Morgan fingerprint density at radius 3 is 2.15 bits per heavy atom. The second kappa shape index (κ2) is 6.89. The molecule has 0 aliphatic rings. The maximum Gasteiger partial charge on any atom is 0.221 e. The Bertz CT molecular complexity index is 284. The Balaban J connectivity index is 0.000000424. The highest BCUT2D eigenvalue weighted by atomic mass is 16.1. The summed E-state index contributed by atoms with van der Waals surface area (Å²) in [5, 5.41) is 0. The number of primary amides is 1. The fourth-order valence-corrected chi connectivity index (χ4v) is 0.797. The van der Waals surface area contributed by atoms with E-state index in [2.05, 4.69) is 18.9 Å². The molecule has 2 N–H and O–H groups in total. The Hall–Kier alpha value is -1.79. The van der Waals surface area contributed by atoms with Crippen LogP contribution in [-0.2, 0) is 11.2 Å². The molecule has 0 unspecified atom stereocenters. The fraction of sp³-hybridized carbons (Fsp3) is 0.0909. The second-order valence-electron chi connectivity index (χ2n) is 2.38. The lowest BCUT2D eigenvalue weighted by molar-refractivity contribution is -0.117. The molecule has 0 aliphatic heterocycles. The molecule has 13 heavy (non-hydrogen) atoms. The monoisotopic (exact) mass is 175 g/mol. The largest absolute Gasteiger partial charge is 0.369 e. The van der Waals surface area contributed by atoms with E-state index in [-0.39, 0.29) is 5.91 Å². The molecule has 1 rings (SSSR count). The van der Waals surface area contributed by atoms with Gasteiger partial charge >= 0.3 is 0 Å². The zero-order chi connectivity index (χ0) is 10.1. The molecule has 0 aliphatic carbocycles. The molecule has 0 bridgehead atoms. The number of hydrogen-bond acceptors (Lipinski definition) is 1. The lowest BCUT2D eigenvalue weighted by atomic mass is 10.1. The van der Waals surface area contributed by atoms with Crippen LogP contribution < -0.4 is 5.73 Å². The van der Waals surface area contributed by atoms with Crippen molar-refractivity contribution in [2.45, 2.75) is 6.42 Å². The predicted octanol–water partition coefficient (Wildman–Crippen LogP) is 1.67. The summed E-state index contributed by atoms with van der Waals surface area (Å²) in [6, 6.07) is 9.44. The van der Waals surface area contributed by atoms with Crippen molar-refractivity contribution in [3.8, 4) is 0 Å². The van der Waals surface area contributed by atoms with E-state index in [1.807, 2.05) is 30.3 Å². The van der Waals surface area contributed by atoms with Crippen LogP contribution in [0.4, 0.5) is 0 Å². The van der Waals surface area contributed by atoms with Gasteiger partial charge in [0.15, 0.2) is 0 Å². The van der Waals surface area contributed by atoms with Crippen LogP contribution in [0.15, 0.2) is 49.2 Å². The summed E-state index contributed by atoms with van der Waals surface area (Å²) < 4.78 is 0. The summed E-state index contributed by atoms with van der Waals surface area (Å²) >= 11 is 0. The zero-order valence-electron chi connectivity index (χ0n) is 7.49. The van der Waals surface area contributed by atoms with Crippen LogP contribution in [0.2, 0.25) is 0 Å². The van der Waals surface area contributed by atoms with Gasteiger partial charge in [-0.05, 0) is 5.56 Å². The fourth-order valence-electron chi connectivity index (χ4n) is 0.797. The van der Waals surface area contributed by atoms with E-state index in [1.54, 1.807) is 0 Å².